The third kappa shape index (κ3) is 8.37. The molecule has 1 aliphatic carbocycles. The third-order valence-corrected chi connectivity index (χ3v) is 9.11. The molecule has 9 heteroatoms. The summed E-state index contributed by atoms with van der Waals surface area (Å²) in [6, 6.07) is 18.6. The van der Waals surface area contributed by atoms with Crippen LogP contribution in [0.1, 0.15) is 44.9 Å². The number of aliphatic carboxylic acids is 1. The number of rotatable bonds is 14. The van der Waals surface area contributed by atoms with E-state index >= 15 is 0 Å². The molecule has 1 saturated heterocycles. The second-order valence-corrected chi connectivity index (χ2v) is 12.2. The molecular formula is C33H42N2O6S. The number of aromatic nitrogens is 2. The predicted molar refractivity (Wildman–Crippen MR) is 164 cm³/mol. The minimum absolute atomic E-state index is 0.100. The Balaban J connectivity index is 1.38. The van der Waals surface area contributed by atoms with E-state index in [9.17, 15) is 4.79 Å². The van der Waals surface area contributed by atoms with E-state index in [0.29, 0.717) is 25.0 Å². The van der Waals surface area contributed by atoms with Gasteiger partial charge in [-0.2, -0.15) is 5.10 Å². The first-order valence-corrected chi connectivity index (χ1v) is 16.1. The van der Waals surface area contributed by atoms with Crippen LogP contribution < -0.4 is 4.74 Å². The lowest BCUT2D eigenvalue weighted by molar-refractivity contribution is -0.158. The Hall–Kier alpha value is -2.85. The van der Waals surface area contributed by atoms with Gasteiger partial charge in [-0.05, 0) is 74.5 Å². The van der Waals surface area contributed by atoms with Crippen LogP contribution in [-0.2, 0) is 25.5 Å². The molecule has 42 heavy (non-hydrogen) atoms. The summed E-state index contributed by atoms with van der Waals surface area (Å²) in [5, 5.41) is 15.3. The molecule has 3 aromatic rings. The number of methoxy groups -OCH3 is 1. The maximum Gasteiger partial charge on any atom is 0.329 e. The summed E-state index contributed by atoms with van der Waals surface area (Å²) in [4.78, 5) is 10.8. The summed E-state index contributed by atoms with van der Waals surface area (Å²) in [5.41, 5.74) is 4.26. The highest BCUT2D eigenvalue weighted by Gasteiger charge is 2.27. The molecule has 2 aromatic carbocycles. The second-order valence-electron chi connectivity index (χ2n) is 11.1. The molecule has 226 valence electrons. The van der Waals surface area contributed by atoms with Gasteiger partial charge < -0.3 is 24.1 Å². The number of ether oxygens (including phenoxy) is 4. The lowest BCUT2D eigenvalue weighted by Gasteiger charge is -2.28. The first-order valence-electron chi connectivity index (χ1n) is 15.1. The van der Waals surface area contributed by atoms with E-state index < -0.39 is 5.97 Å². The fourth-order valence-electron chi connectivity index (χ4n) is 5.85. The summed E-state index contributed by atoms with van der Waals surface area (Å²) in [6.45, 7) is 2.52. The van der Waals surface area contributed by atoms with E-state index in [4.69, 9.17) is 29.2 Å². The zero-order valence-electron chi connectivity index (χ0n) is 24.4. The van der Waals surface area contributed by atoms with Crippen LogP contribution in [0, 0.1) is 11.8 Å². The van der Waals surface area contributed by atoms with Crippen molar-refractivity contribution in [2.24, 2.45) is 11.8 Å². The van der Waals surface area contributed by atoms with Crippen molar-refractivity contribution in [3.8, 4) is 28.1 Å². The lowest BCUT2D eigenvalue weighted by atomic mass is 9.82. The Morgan fingerprint density at radius 3 is 2.55 bits per heavy atom. The van der Waals surface area contributed by atoms with Crippen LogP contribution in [0.3, 0.4) is 0 Å². The van der Waals surface area contributed by atoms with Crippen LogP contribution in [0.15, 0.2) is 59.6 Å². The zero-order chi connectivity index (χ0) is 29.1. The van der Waals surface area contributed by atoms with Gasteiger partial charge in [0.2, 0.25) is 0 Å². The Morgan fingerprint density at radius 1 is 1.02 bits per heavy atom. The molecule has 0 bridgehead atoms. The number of nitrogens with zero attached hydrogens (tertiary/aromatic N) is 2. The minimum atomic E-state index is -0.912. The number of carboxylic acid groups (broad SMARTS) is 1. The fourth-order valence-corrected chi connectivity index (χ4v) is 6.85. The van der Waals surface area contributed by atoms with Crippen LogP contribution in [0.2, 0.25) is 0 Å². The van der Waals surface area contributed by atoms with Gasteiger partial charge in [-0.1, -0.05) is 42.5 Å². The highest BCUT2D eigenvalue weighted by Crippen LogP contribution is 2.42. The van der Waals surface area contributed by atoms with Gasteiger partial charge in [-0.15, -0.1) is 11.8 Å². The van der Waals surface area contributed by atoms with Crippen molar-refractivity contribution in [3.05, 3.63) is 54.6 Å². The second kappa shape index (κ2) is 15.6. The summed E-state index contributed by atoms with van der Waals surface area (Å²) < 4.78 is 25.1. The average Bonchev–Trinajstić information content (AvgIpc) is 3.38. The zero-order valence-corrected chi connectivity index (χ0v) is 25.2. The average molecular weight is 595 g/mol. The number of carboxylic acids is 1. The van der Waals surface area contributed by atoms with Gasteiger partial charge in [0.1, 0.15) is 23.1 Å². The topological polar surface area (TPSA) is 92.0 Å². The molecular weight excluding hydrogens is 552 g/mol. The van der Waals surface area contributed by atoms with E-state index in [1.165, 1.54) is 0 Å². The van der Waals surface area contributed by atoms with Gasteiger partial charge in [0.25, 0.3) is 0 Å². The molecule has 1 aromatic heterocycles. The molecule has 0 spiro atoms. The molecule has 1 atom stereocenters. The van der Waals surface area contributed by atoms with Gasteiger partial charge >= 0.3 is 5.97 Å². The van der Waals surface area contributed by atoms with Gasteiger partial charge in [-0.3, -0.25) is 4.68 Å². The van der Waals surface area contributed by atoms with Crippen LogP contribution in [0.25, 0.3) is 22.4 Å². The standard InChI is InChI=1S/C33H42N2O6S/c1-38-28-11-7-10-27(20-28)31-32(26-8-3-2-4-9-26)34-35(33(31)42-19-18-41-30-12-5-6-17-40-30)21-24-13-15-25(16-14-24)22-39-23-29(36)37/h2-4,7-11,20,24-25,30H,5-6,12-19,21-23H2,1H3,(H,36,37)/t24-,25+,30?. The first kappa shape index (κ1) is 30.6. The highest BCUT2D eigenvalue weighted by atomic mass is 32.2. The first-order chi connectivity index (χ1) is 20.6. The molecule has 1 saturated carbocycles. The molecule has 2 aliphatic rings. The molecule has 0 amide bonds. The number of carbonyl (C=O) groups is 1. The van der Waals surface area contributed by atoms with E-state index in [1.807, 2.05) is 18.2 Å². The summed E-state index contributed by atoms with van der Waals surface area (Å²) in [5.74, 6) is 1.61. The summed E-state index contributed by atoms with van der Waals surface area (Å²) in [7, 11) is 1.70. The quantitative estimate of drug-likeness (QED) is 0.162. The van der Waals surface area contributed by atoms with E-state index in [1.54, 1.807) is 18.9 Å². The van der Waals surface area contributed by atoms with Crippen molar-refractivity contribution in [2.75, 3.05) is 39.3 Å². The van der Waals surface area contributed by atoms with E-state index in [-0.39, 0.29) is 12.9 Å². The van der Waals surface area contributed by atoms with Crippen molar-refractivity contribution in [1.82, 2.24) is 9.78 Å². The molecule has 1 aliphatic heterocycles. The molecule has 8 nitrogen and oxygen atoms in total. The number of benzene rings is 2. The van der Waals surface area contributed by atoms with Crippen LogP contribution in [0.5, 0.6) is 5.75 Å². The fraction of sp³-hybridized carbons (Fsp3) is 0.515. The van der Waals surface area contributed by atoms with Gasteiger partial charge in [0.15, 0.2) is 6.29 Å². The monoisotopic (exact) mass is 594 g/mol. The molecule has 0 radical (unpaired) electrons. The Bertz CT molecular complexity index is 1270. The van der Waals surface area contributed by atoms with Gasteiger partial charge in [-0.25, -0.2) is 4.79 Å². The van der Waals surface area contributed by atoms with Crippen molar-refractivity contribution in [3.63, 3.8) is 0 Å². The molecule has 1 unspecified atom stereocenters. The normalized spacial score (nSPS) is 20.8. The van der Waals surface area contributed by atoms with Crippen LogP contribution >= 0.6 is 11.8 Å². The maximum atomic E-state index is 10.8. The van der Waals surface area contributed by atoms with Crippen molar-refractivity contribution >= 4 is 17.7 Å². The van der Waals surface area contributed by atoms with Crippen molar-refractivity contribution < 1.29 is 28.8 Å². The lowest BCUT2D eigenvalue weighted by Crippen LogP contribution is -2.24. The highest BCUT2D eigenvalue weighted by molar-refractivity contribution is 7.99. The van der Waals surface area contributed by atoms with E-state index in [0.717, 1.165) is 97.0 Å². The van der Waals surface area contributed by atoms with Crippen LogP contribution in [0.4, 0.5) is 0 Å². The largest absolute Gasteiger partial charge is 0.497 e. The Labute approximate surface area is 252 Å². The Morgan fingerprint density at radius 2 is 1.81 bits per heavy atom. The van der Waals surface area contributed by atoms with Gasteiger partial charge in [0, 0.05) is 30.0 Å². The van der Waals surface area contributed by atoms with Crippen LogP contribution in [-0.4, -0.2) is 66.4 Å². The number of hydrogen-bond donors (Lipinski definition) is 1. The van der Waals surface area contributed by atoms with Crippen molar-refractivity contribution in [1.29, 1.82) is 0 Å². The molecule has 5 rings (SSSR count). The number of hydrogen-bond acceptors (Lipinski definition) is 7. The maximum absolute atomic E-state index is 10.8. The van der Waals surface area contributed by atoms with E-state index in [2.05, 4.69) is 41.1 Å². The molecule has 1 N–H and O–H groups in total. The van der Waals surface area contributed by atoms with Gasteiger partial charge in [0.05, 0.1) is 20.3 Å². The molecule has 2 fully saturated rings. The predicted octanol–water partition coefficient (Wildman–Crippen LogP) is 6.77. The van der Waals surface area contributed by atoms with Crippen molar-refractivity contribution in [2.45, 2.75) is 62.8 Å². The third-order valence-electron chi connectivity index (χ3n) is 8.05. The molecule has 2 heterocycles. The SMILES string of the molecule is COc1cccc(-c2c(-c3ccccc3)nn(C[C@H]3CC[C@@H](COCC(=O)O)CC3)c2SCCOC2CCCCO2)c1. The smallest absolute Gasteiger partial charge is 0.329 e. The summed E-state index contributed by atoms with van der Waals surface area (Å²) in [6.07, 6.45) is 7.34. The minimum Gasteiger partial charge on any atom is -0.497 e. The summed E-state index contributed by atoms with van der Waals surface area (Å²) >= 11 is 1.79. The Kier molecular flexibility index (Phi) is 11.3. The number of thioether (sulfide) groups is 1.